The Morgan fingerprint density at radius 3 is 2.51 bits per heavy atom. The van der Waals surface area contributed by atoms with E-state index in [0.29, 0.717) is 38.0 Å². The fraction of sp³-hybridized carbons (Fsp3) is 0.115. The molecule has 0 atom stereocenters. The molecule has 0 radical (unpaired) electrons. The number of halogens is 1. The molecule has 0 aromatic heterocycles. The van der Waals surface area contributed by atoms with Gasteiger partial charge in [0.1, 0.15) is 0 Å². The zero-order chi connectivity index (χ0) is 24.8. The van der Waals surface area contributed by atoms with Crippen LogP contribution in [0.15, 0.2) is 77.7 Å². The Morgan fingerprint density at radius 2 is 1.80 bits per heavy atom. The van der Waals surface area contributed by atoms with Gasteiger partial charge in [0.2, 0.25) is 0 Å². The van der Waals surface area contributed by atoms with Gasteiger partial charge in [-0.25, -0.2) is 0 Å². The maximum absolute atomic E-state index is 13.0. The first kappa shape index (κ1) is 24.8. The fourth-order valence-electron chi connectivity index (χ4n) is 3.29. The molecule has 1 aliphatic heterocycles. The van der Waals surface area contributed by atoms with Gasteiger partial charge in [-0.3, -0.25) is 14.5 Å². The maximum atomic E-state index is 13.0. The lowest BCUT2D eigenvalue weighted by Crippen LogP contribution is -2.27. The number of para-hydroxylation sites is 1. The van der Waals surface area contributed by atoms with E-state index in [1.54, 1.807) is 48.5 Å². The topological polar surface area (TPSA) is 67.9 Å². The average molecular weight is 525 g/mol. The van der Waals surface area contributed by atoms with Crippen molar-refractivity contribution in [3.8, 4) is 11.5 Å². The third kappa shape index (κ3) is 6.22. The molecule has 0 unspecified atom stereocenters. The lowest BCUT2D eigenvalue weighted by Gasteiger charge is -2.14. The van der Waals surface area contributed by atoms with Gasteiger partial charge < -0.3 is 14.8 Å². The summed E-state index contributed by atoms with van der Waals surface area (Å²) in [6.07, 6.45) is 1.77. The average Bonchev–Trinajstić information content (AvgIpc) is 3.13. The minimum absolute atomic E-state index is 0.177. The summed E-state index contributed by atoms with van der Waals surface area (Å²) in [5.74, 6) is 0.401. The molecule has 3 aromatic rings. The smallest absolute Gasteiger partial charge is 0.270 e. The number of rotatable bonds is 8. The van der Waals surface area contributed by atoms with E-state index in [1.165, 1.54) is 16.7 Å². The molecule has 3 aromatic carbocycles. The summed E-state index contributed by atoms with van der Waals surface area (Å²) in [6, 6.07) is 21.4. The van der Waals surface area contributed by atoms with Crippen LogP contribution >= 0.6 is 35.6 Å². The van der Waals surface area contributed by atoms with Gasteiger partial charge in [-0.2, -0.15) is 0 Å². The summed E-state index contributed by atoms with van der Waals surface area (Å²) in [6.45, 7) is 2.07. The third-order valence-electron chi connectivity index (χ3n) is 4.86. The van der Waals surface area contributed by atoms with E-state index in [9.17, 15) is 9.59 Å². The second-order valence-corrected chi connectivity index (χ2v) is 9.45. The SMILES string of the molecule is CCOc1cc(/C=C2\SC(=S)N(c3ccccc3)C2=O)ccc1OCC(=O)Nc1ccc(Cl)cc1. The lowest BCUT2D eigenvalue weighted by atomic mass is 10.1. The van der Waals surface area contributed by atoms with Crippen LogP contribution in [0.1, 0.15) is 12.5 Å². The molecule has 1 heterocycles. The number of amides is 2. The van der Waals surface area contributed by atoms with Crippen molar-refractivity contribution in [2.24, 2.45) is 0 Å². The molecule has 6 nitrogen and oxygen atoms in total. The van der Waals surface area contributed by atoms with Crippen molar-refractivity contribution < 1.29 is 19.1 Å². The van der Waals surface area contributed by atoms with E-state index in [2.05, 4.69) is 5.32 Å². The number of hydrogen-bond acceptors (Lipinski definition) is 6. The fourth-order valence-corrected chi connectivity index (χ4v) is 4.72. The van der Waals surface area contributed by atoms with Crippen molar-refractivity contribution in [1.29, 1.82) is 0 Å². The Balaban J connectivity index is 1.46. The zero-order valence-corrected chi connectivity index (χ0v) is 21.1. The molecule has 1 aliphatic rings. The maximum Gasteiger partial charge on any atom is 0.270 e. The second kappa shape index (κ2) is 11.4. The largest absolute Gasteiger partial charge is 0.490 e. The highest BCUT2D eigenvalue weighted by Crippen LogP contribution is 2.37. The summed E-state index contributed by atoms with van der Waals surface area (Å²) in [7, 11) is 0. The Hall–Kier alpha value is -3.33. The van der Waals surface area contributed by atoms with E-state index < -0.39 is 0 Å². The van der Waals surface area contributed by atoms with Crippen LogP contribution in [0, 0.1) is 0 Å². The highest BCUT2D eigenvalue weighted by Gasteiger charge is 2.33. The Bertz CT molecular complexity index is 1280. The van der Waals surface area contributed by atoms with Crippen molar-refractivity contribution in [2.45, 2.75) is 6.92 Å². The van der Waals surface area contributed by atoms with Gasteiger partial charge in [-0.15, -0.1) is 0 Å². The minimum Gasteiger partial charge on any atom is -0.490 e. The molecule has 0 saturated carbocycles. The highest BCUT2D eigenvalue weighted by molar-refractivity contribution is 8.27. The minimum atomic E-state index is -0.316. The van der Waals surface area contributed by atoms with Crippen molar-refractivity contribution in [1.82, 2.24) is 0 Å². The van der Waals surface area contributed by atoms with Crippen molar-refractivity contribution >= 4 is 69.2 Å². The summed E-state index contributed by atoms with van der Waals surface area (Å²) in [4.78, 5) is 27.3. The molecule has 2 amide bonds. The number of carbonyl (C=O) groups is 2. The number of anilines is 2. The highest BCUT2D eigenvalue weighted by atomic mass is 35.5. The molecule has 0 aliphatic carbocycles. The summed E-state index contributed by atoms with van der Waals surface area (Å²) in [5.41, 5.74) is 2.10. The monoisotopic (exact) mass is 524 g/mol. The number of ether oxygens (including phenoxy) is 2. The van der Waals surface area contributed by atoms with Gasteiger partial charge in [0.15, 0.2) is 22.4 Å². The molecule has 0 bridgehead atoms. The van der Waals surface area contributed by atoms with E-state index in [0.717, 1.165) is 11.3 Å². The van der Waals surface area contributed by atoms with Gasteiger partial charge >= 0.3 is 0 Å². The van der Waals surface area contributed by atoms with Gasteiger partial charge in [0.25, 0.3) is 11.8 Å². The lowest BCUT2D eigenvalue weighted by molar-refractivity contribution is -0.118. The molecule has 178 valence electrons. The van der Waals surface area contributed by atoms with Crippen LogP contribution in [0.3, 0.4) is 0 Å². The van der Waals surface area contributed by atoms with Crippen LogP contribution in [-0.4, -0.2) is 29.3 Å². The predicted octanol–water partition coefficient (Wildman–Crippen LogP) is 6.16. The van der Waals surface area contributed by atoms with Gasteiger partial charge in [-0.05, 0) is 67.1 Å². The Morgan fingerprint density at radius 1 is 1.06 bits per heavy atom. The van der Waals surface area contributed by atoms with Crippen LogP contribution < -0.4 is 19.7 Å². The molecular formula is C26H21ClN2O4S2. The molecule has 1 N–H and O–H groups in total. The van der Waals surface area contributed by atoms with Gasteiger partial charge in [0.05, 0.1) is 17.2 Å². The van der Waals surface area contributed by atoms with Crippen molar-refractivity contribution in [3.63, 3.8) is 0 Å². The summed E-state index contributed by atoms with van der Waals surface area (Å²) < 4.78 is 11.9. The number of hydrogen-bond donors (Lipinski definition) is 1. The van der Waals surface area contributed by atoms with Crippen molar-refractivity contribution in [2.75, 3.05) is 23.4 Å². The molecule has 35 heavy (non-hydrogen) atoms. The first-order chi connectivity index (χ1) is 16.9. The zero-order valence-electron chi connectivity index (χ0n) is 18.7. The number of carbonyl (C=O) groups excluding carboxylic acids is 2. The standard InChI is InChI=1S/C26H21ClN2O4S2/c1-2-32-22-14-17(15-23-25(31)29(26(34)35-23)20-6-4-3-5-7-20)8-13-21(22)33-16-24(30)28-19-11-9-18(27)10-12-19/h3-15H,2,16H2,1H3,(H,28,30)/b23-15-. The van der Waals surface area contributed by atoms with Crippen LogP contribution in [0.25, 0.3) is 6.08 Å². The van der Waals surface area contributed by atoms with E-state index >= 15 is 0 Å². The number of benzene rings is 3. The van der Waals surface area contributed by atoms with Crippen LogP contribution in [0.4, 0.5) is 11.4 Å². The molecule has 1 saturated heterocycles. The normalized spacial score (nSPS) is 14.3. The van der Waals surface area contributed by atoms with Crippen LogP contribution in [0.2, 0.25) is 5.02 Å². The molecule has 1 fully saturated rings. The van der Waals surface area contributed by atoms with E-state index in [1.807, 2.05) is 37.3 Å². The third-order valence-corrected chi connectivity index (χ3v) is 6.41. The van der Waals surface area contributed by atoms with Crippen molar-refractivity contribution in [3.05, 3.63) is 88.3 Å². The number of thioether (sulfide) groups is 1. The number of nitrogens with zero attached hydrogens (tertiary/aromatic N) is 1. The summed E-state index contributed by atoms with van der Waals surface area (Å²) in [5, 5.41) is 3.33. The quantitative estimate of drug-likeness (QED) is 0.281. The molecule has 4 rings (SSSR count). The predicted molar refractivity (Wildman–Crippen MR) is 145 cm³/mol. The second-order valence-electron chi connectivity index (χ2n) is 7.34. The summed E-state index contributed by atoms with van der Waals surface area (Å²) >= 11 is 12.5. The van der Waals surface area contributed by atoms with Gasteiger partial charge in [0, 0.05) is 10.7 Å². The Labute approximate surface area is 217 Å². The molecular weight excluding hydrogens is 504 g/mol. The molecule has 0 spiro atoms. The van der Waals surface area contributed by atoms with E-state index in [-0.39, 0.29) is 18.4 Å². The number of thiocarbonyl (C=S) groups is 1. The molecule has 9 heteroatoms. The van der Waals surface area contributed by atoms with Crippen LogP contribution in [0.5, 0.6) is 11.5 Å². The Kier molecular flexibility index (Phi) is 8.07. The van der Waals surface area contributed by atoms with Crippen LogP contribution in [-0.2, 0) is 9.59 Å². The van der Waals surface area contributed by atoms with E-state index in [4.69, 9.17) is 33.3 Å². The number of nitrogens with one attached hydrogen (secondary N) is 1. The first-order valence-corrected chi connectivity index (χ1v) is 12.3. The first-order valence-electron chi connectivity index (χ1n) is 10.7. The van der Waals surface area contributed by atoms with Gasteiger partial charge in [-0.1, -0.05) is 59.8 Å².